The third-order valence-corrected chi connectivity index (χ3v) is 7.92. The van der Waals surface area contributed by atoms with Crippen LogP contribution in [0.5, 0.6) is 0 Å². The number of thiophene rings is 1. The van der Waals surface area contributed by atoms with Crippen LogP contribution < -0.4 is 29.5 Å². The van der Waals surface area contributed by atoms with Crippen LogP contribution in [-0.2, 0) is 0 Å². The molecule has 1 aromatic carbocycles. The fourth-order valence-electron chi connectivity index (χ4n) is 3.09. The summed E-state index contributed by atoms with van der Waals surface area (Å²) in [6.07, 6.45) is 0. The van der Waals surface area contributed by atoms with Crippen LogP contribution in [0.25, 0.3) is 15.9 Å². The molecule has 0 radical (unpaired) electrons. The maximum absolute atomic E-state index is 13.4. The summed E-state index contributed by atoms with van der Waals surface area (Å²) in [6.45, 7) is 11.7. The number of benzene rings is 1. The normalized spacial score (nSPS) is 11.7. The molecule has 0 N–H and O–H groups in total. The van der Waals surface area contributed by atoms with E-state index in [4.69, 9.17) is 16.6 Å². The first-order valence-corrected chi connectivity index (χ1v) is 11.7. The second-order valence-corrected chi connectivity index (χ2v) is 10.0. The fraction of sp³-hybridized carbons (Fsp3) is 0.429. The van der Waals surface area contributed by atoms with Crippen molar-refractivity contribution in [3.05, 3.63) is 50.1 Å². The molecular weight excluding hydrogens is 537 g/mol. The Kier molecular flexibility index (Phi) is 8.61. The highest BCUT2D eigenvalue weighted by Crippen LogP contribution is 2.30. The highest BCUT2D eigenvalue weighted by Gasteiger charge is 2.20. The number of quaternary nitrogens is 1. The first-order chi connectivity index (χ1) is 13.3. The van der Waals surface area contributed by atoms with Gasteiger partial charge in [0.05, 0.1) is 43.5 Å². The molecule has 0 aliphatic rings. The molecule has 0 fully saturated rings. The lowest BCUT2D eigenvalue weighted by atomic mass is 10.2. The Morgan fingerprint density at radius 2 is 1.79 bits per heavy atom. The molecule has 0 bridgehead atoms. The molecule has 4 nitrogen and oxygen atoms in total. The maximum Gasteiger partial charge on any atom is 0.267 e. The number of hydrogen-bond acceptors (Lipinski definition) is 4. The zero-order valence-corrected chi connectivity index (χ0v) is 22.0. The van der Waals surface area contributed by atoms with Gasteiger partial charge >= 0.3 is 0 Å². The number of thioether (sulfide) groups is 1. The highest BCUT2D eigenvalue weighted by atomic mass is 127. The van der Waals surface area contributed by atoms with Crippen molar-refractivity contribution in [3.63, 3.8) is 0 Å². The van der Waals surface area contributed by atoms with Crippen molar-refractivity contribution in [1.82, 2.24) is 9.55 Å². The number of halogens is 2. The SMILES string of the molecule is CC[N+](C)(CC)CCSc1nc2sc(C)c(C)c2c(=O)n1-c1ccc(Cl)cc1.[I-]. The van der Waals surface area contributed by atoms with Crippen molar-refractivity contribution < 1.29 is 28.5 Å². The Hall–Kier alpha value is -0.610. The van der Waals surface area contributed by atoms with E-state index in [9.17, 15) is 4.79 Å². The summed E-state index contributed by atoms with van der Waals surface area (Å²) in [6, 6.07) is 7.40. The Morgan fingerprint density at radius 3 is 2.38 bits per heavy atom. The molecule has 0 aliphatic carbocycles. The van der Waals surface area contributed by atoms with E-state index in [2.05, 4.69) is 20.9 Å². The van der Waals surface area contributed by atoms with Gasteiger partial charge in [-0.1, -0.05) is 23.4 Å². The standard InChI is InChI=1S/C21H27ClN3OS2.HI/c1-6-25(5,7-2)12-13-27-21-23-19-18(14(3)15(4)28-19)20(26)24(21)17-10-8-16(22)9-11-17;/h8-11H,6-7,12-13H2,1-5H3;1H/q+1;/p-1. The molecule has 0 amide bonds. The molecule has 0 spiro atoms. The minimum absolute atomic E-state index is 0. The van der Waals surface area contributed by atoms with Crippen LogP contribution in [-0.4, -0.2) is 46.5 Å². The van der Waals surface area contributed by atoms with Crippen LogP contribution in [0.4, 0.5) is 0 Å². The second-order valence-electron chi connectivity index (χ2n) is 7.30. The molecular formula is C21H27ClIN3OS2. The number of rotatable bonds is 7. The predicted octanol–water partition coefficient (Wildman–Crippen LogP) is 2.30. The molecule has 2 heterocycles. The molecule has 3 rings (SSSR count). The number of fused-ring (bicyclic) bond motifs is 1. The minimum Gasteiger partial charge on any atom is -1.00 e. The minimum atomic E-state index is -0.0000861. The Morgan fingerprint density at radius 1 is 1.17 bits per heavy atom. The van der Waals surface area contributed by atoms with Gasteiger partial charge in [0.15, 0.2) is 5.16 Å². The van der Waals surface area contributed by atoms with E-state index in [1.807, 2.05) is 38.1 Å². The van der Waals surface area contributed by atoms with Crippen LogP contribution in [0.2, 0.25) is 5.02 Å². The quantitative estimate of drug-likeness (QED) is 0.192. The van der Waals surface area contributed by atoms with Crippen LogP contribution in [0, 0.1) is 13.8 Å². The second kappa shape index (κ2) is 10.1. The van der Waals surface area contributed by atoms with Gasteiger partial charge < -0.3 is 28.5 Å². The van der Waals surface area contributed by atoms with Crippen LogP contribution >= 0.6 is 34.7 Å². The number of aryl methyl sites for hydroxylation is 2. The van der Waals surface area contributed by atoms with Gasteiger partial charge in [-0.25, -0.2) is 4.98 Å². The van der Waals surface area contributed by atoms with E-state index < -0.39 is 0 Å². The van der Waals surface area contributed by atoms with Crippen LogP contribution in [0.3, 0.4) is 0 Å². The first kappa shape index (κ1) is 24.7. The maximum atomic E-state index is 13.4. The van der Waals surface area contributed by atoms with E-state index >= 15 is 0 Å². The summed E-state index contributed by atoms with van der Waals surface area (Å²) in [4.78, 5) is 20.3. The van der Waals surface area contributed by atoms with Crippen molar-refractivity contribution in [1.29, 1.82) is 0 Å². The number of hydrogen-bond donors (Lipinski definition) is 0. The average Bonchev–Trinajstić information content (AvgIpc) is 2.97. The fourth-order valence-corrected chi connectivity index (χ4v) is 5.48. The largest absolute Gasteiger partial charge is 1.00 e. The summed E-state index contributed by atoms with van der Waals surface area (Å²) in [5, 5.41) is 2.13. The summed E-state index contributed by atoms with van der Waals surface area (Å²) in [7, 11) is 2.27. The Labute approximate surface area is 202 Å². The molecule has 0 saturated carbocycles. The van der Waals surface area contributed by atoms with E-state index in [1.54, 1.807) is 27.7 Å². The van der Waals surface area contributed by atoms with Crippen LogP contribution in [0.1, 0.15) is 24.3 Å². The average molecular weight is 564 g/mol. The molecule has 0 saturated heterocycles. The lowest BCUT2D eigenvalue weighted by molar-refractivity contribution is -0.903. The zero-order valence-electron chi connectivity index (χ0n) is 17.5. The molecule has 0 atom stereocenters. The molecule has 158 valence electrons. The summed E-state index contributed by atoms with van der Waals surface area (Å²) >= 11 is 9.32. The van der Waals surface area contributed by atoms with Gasteiger partial charge in [-0.3, -0.25) is 9.36 Å². The van der Waals surface area contributed by atoms with E-state index in [1.165, 1.54) is 0 Å². The molecule has 29 heavy (non-hydrogen) atoms. The third kappa shape index (κ3) is 5.18. The van der Waals surface area contributed by atoms with Crippen LogP contribution in [0.15, 0.2) is 34.2 Å². The van der Waals surface area contributed by atoms with Gasteiger partial charge in [0.2, 0.25) is 0 Å². The Balaban J connectivity index is 0.00000300. The van der Waals surface area contributed by atoms with Crippen molar-refractivity contribution in [2.24, 2.45) is 0 Å². The third-order valence-electron chi connectivity index (χ3n) is 5.65. The topological polar surface area (TPSA) is 34.9 Å². The number of aromatic nitrogens is 2. The Bertz CT molecular complexity index is 1040. The zero-order chi connectivity index (χ0) is 20.5. The molecule has 2 aromatic heterocycles. The number of nitrogens with zero attached hydrogens (tertiary/aromatic N) is 3. The molecule has 0 aliphatic heterocycles. The van der Waals surface area contributed by atoms with Gasteiger partial charge in [-0.2, -0.15) is 0 Å². The van der Waals surface area contributed by atoms with E-state index in [0.29, 0.717) is 5.02 Å². The lowest BCUT2D eigenvalue weighted by Gasteiger charge is -2.31. The molecule has 8 heteroatoms. The smallest absolute Gasteiger partial charge is 0.267 e. The van der Waals surface area contributed by atoms with Gasteiger partial charge in [0, 0.05) is 9.90 Å². The summed E-state index contributed by atoms with van der Waals surface area (Å²) < 4.78 is 2.75. The summed E-state index contributed by atoms with van der Waals surface area (Å²) in [5.74, 6) is 0.910. The van der Waals surface area contributed by atoms with Crippen molar-refractivity contribution in [3.8, 4) is 5.69 Å². The first-order valence-electron chi connectivity index (χ1n) is 9.54. The van der Waals surface area contributed by atoms with E-state index in [-0.39, 0.29) is 29.5 Å². The van der Waals surface area contributed by atoms with Crippen molar-refractivity contribution >= 4 is 44.9 Å². The van der Waals surface area contributed by atoms with Gasteiger partial charge in [0.1, 0.15) is 4.83 Å². The molecule has 0 unspecified atom stereocenters. The highest BCUT2D eigenvalue weighted by molar-refractivity contribution is 7.99. The van der Waals surface area contributed by atoms with Gasteiger partial charge in [-0.05, 0) is 57.5 Å². The summed E-state index contributed by atoms with van der Waals surface area (Å²) in [5.41, 5.74) is 1.83. The monoisotopic (exact) mass is 563 g/mol. The van der Waals surface area contributed by atoms with E-state index in [0.717, 1.165) is 61.4 Å². The lowest BCUT2D eigenvalue weighted by Crippen LogP contribution is -3.00. The molecule has 3 aromatic rings. The van der Waals surface area contributed by atoms with Gasteiger partial charge in [0.25, 0.3) is 5.56 Å². The predicted molar refractivity (Wildman–Crippen MR) is 123 cm³/mol. The van der Waals surface area contributed by atoms with Crippen molar-refractivity contribution in [2.75, 3.05) is 32.4 Å². The van der Waals surface area contributed by atoms with Crippen molar-refractivity contribution in [2.45, 2.75) is 32.9 Å². The van der Waals surface area contributed by atoms with Gasteiger partial charge in [-0.15, -0.1) is 11.3 Å².